The molecule has 0 bridgehead atoms. The van der Waals surface area contributed by atoms with E-state index in [1.165, 1.54) is 11.1 Å². The number of ether oxygens (including phenoxy) is 2. The smallest absolute Gasteiger partial charge is 0.212 e. The second-order valence-corrected chi connectivity index (χ2v) is 8.67. The summed E-state index contributed by atoms with van der Waals surface area (Å²) in [5.41, 5.74) is 2.92. The van der Waals surface area contributed by atoms with Gasteiger partial charge in [-0.15, -0.1) is 0 Å². The molecule has 0 amide bonds. The molecule has 0 aromatic heterocycles. The first-order chi connectivity index (χ1) is 12.5. The van der Waals surface area contributed by atoms with Crippen molar-refractivity contribution in [3.63, 3.8) is 0 Å². The summed E-state index contributed by atoms with van der Waals surface area (Å²) in [7, 11) is -0.122. The average molecular weight is 375 g/mol. The van der Waals surface area contributed by atoms with Gasteiger partial charge in [-0.05, 0) is 35.2 Å². The SMILES string of the molecule is COc1ccc(CCS(=O)(=O)NCC2(OC)Cc3ccccc3C2)cc1. The monoisotopic (exact) mass is 375 g/mol. The van der Waals surface area contributed by atoms with Gasteiger partial charge in [0.1, 0.15) is 5.75 Å². The molecule has 3 rings (SSSR count). The summed E-state index contributed by atoms with van der Waals surface area (Å²) in [6, 6.07) is 15.6. The van der Waals surface area contributed by atoms with E-state index in [0.29, 0.717) is 6.42 Å². The fraction of sp³-hybridized carbons (Fsp3) is 0.400. The summed E-state index contributed by atoms with van der Waals surface area (Å²) in [5, 5.41) is 0. The van der Waals surface area contributed by atoms with Gasteiger partial charge in [0, 0.05) is 26.5 Å². The maximum atomic E-state index is 12.4. The molecule has 2 aromatic carbocycles. The molecule has 1 aliphatic rings. The van der Waals surface area contributed by atoms with Crippen LogP contribution >= 0.6 is 0 Å². The van der Waals surface area contributed by atoms with Crippen LogP contribution in [0.3, 0.4) is 0 Å². The van der Waals surface area contributed by atoms with Gasteiger partial charge in [-0.3, -0.25) is 0 Å². The van der Waals surface area contributed by atoms with Crippen molar-refractivity contribution in [1.82, 2.24) is 4.72 Å². The zero-order chi connectivity index (χ0) is 18.6. The Kier molecular flexibility index (Phi) is 5.65. The fourth-order valence-corrected chi connectivity index (χ4v) is 4.49. The van der Waals surface area contributed by atoms with E-state index >= 15 is 0 Å². The Morgan fingerprint density at radius 1 is 1.00 bits per heavy atom. The largest absolute Gasteiger partial charge is 0.497 e. The summed E-state index contributed by atoms with van der Waals surface area (Å²) < 4.78 is 38.4. The predicted octanol–water partition coefficient (Wildman–Crippen LogP) is 2.34. The van der Waals surface area contributed by atoms with Gasteiger partial charge in [-0.1, -0.05) is 36.4 Å². The molecule has 140 valence electrons. The van der Waals surface area contributed by atoms with Crippen LogP contribution in [0.25, 0.3) is 0 Å². The quantitative estimate of drug-likeness (QED) is 0.769. The first-order valence-corrected chi connectivity index (χ1v) is 10.3. The fourth-order valence-electron chi connectivity index (χ4n) is 3.36. The molecule has 0 heterocycles. The first kappa shape index (κ1) is 18.9. The van der Waals surface area contributed by atoms with Crippen molar-refractivity contribution in [1.29, 1.82) is 0 Å². The highest BCUT2D eigenvalue weighted by Crippen LogP contribution is 2.32. The zero-order valence-electron chi connectivity index (χ0n) is 15.2. The molecule has 26 heavy (non-hydrogen) atoms. The highest BCUT2D eigenvalue weighted by molar-refractivity contribution is 7.89. The summed E-state index contributed by atoms with van der Waals surface area (Å²) in [6.07, 6.45) is 1.90. The van der Waals surface area contributed by atoms with E-state index in [4.69, 9.17) is 9.47 Å². The van der Waals surface area contributed by atoms with Crippen molar-refractivity contribution >= 4 is 10.0 Å². The van der Waals surface area contributed by atoms with Crippen LogP contribution in [0.1, 0.15) is 16.7 Å². The third kappa shape index (κ3) is 4.44. The molecule has 1 aliphatic carbocycles. The van der Waals surface area contributed by atoms with Crippen molar-refractivity contribution in [2.75, 3.05) is 26.5 Å². The lowest BCUT2D eigenvalue weighted by molar-refractivity contribution is 0.00378. The Morgan fingerprint density at radius 2 is 1.62 bits per heavy atom. The topological polar surface area (TPSA) is 64.6 Å². The third-order valence-electron chi connectivity index (χ3n) is 5.01. The minimum atomic E-state index is -3.38. The zero-order valence-corrected chi connectivity index (χ0v) is 16.0. The molecule has 0 atom stereocenters. The lowest BCUT2D eigenvalue weighted by Gasteiger charge is -2.27. The molecule has 1 N–H and O–H groups in total. The van der Waals surface area contributed by atoms with Crippen LogP contribution in [-0.2, 0) is 34.0 Å². The standard InChI is InChI=1S/C20H25NO4S/c1-24-19-9-7-16(8-10-19)11-12-26(22,23)21-15-20(25-2)13-17-5-3-4-6-18(17)14-20/h3-10,21H,11-15H2,1-2H3. The number of hydrogen-bond donors (Lipinski definition) is 1. The predicted molar refractivity (Wildman–Crippen MR) is 102 cm³/mol. The average Bonchev–Trinajstić information content (AvgIpc) is 3.05. The molecule has 5 nitrogen and oxygen atoms in total. The van der Waals surface area contributed by atoms with Gasteiger partial charge in [0.15, 0.2) is 0 Å². The van der Waals surface area contributed by atoms with E-state index in [9.17, 15) is 8.42 Å². The summed E-state index contributed by atoms with van der Waals surface area (Å²) in [4.78, 5) is 0. The minimum absolute atomic E-state index is 0.0477. The van der Waals surface area contributed by atoms with E-state index in [2.05, 4.69) is 16.9 Å². The molecule has 0 unspecified atom stereocenters. The van der Waals surface area contributed by atoms with Crippen LogP contribution in [-0.4, -0.2) is 40.5 Å². The van der Waals surface area contributed by atoms with Crippen LogP contribution in [0.5, 0.6) is 5.75 Å². The molecule has 2 aromatic rings. The number of fused-ring (bicyclic) bond motifs is 1. The molecule has 0 fully saturated rings. The van der Waals surface area contributed by atoms with E-state index in [1.807, 2.05) is 36.4 Å². The van der Waals surface area contributed by atoms with Crippen molar-refractivity contribution < 1.29 is 17.9 Å². The Labute approximate surface area is 155 Å². The number of aryl methyl sites for hydroxylation is 1. The lowest BCUT2D eigenvalue weighted by Crippen LogP contribution is -2.45. The maximum Gasteiger partial charge on any atom is 0.212 e. The molecule has 0 spiro atoms. The van der Waals surface area contributed by atoms with Crippen molar-refractivity contribution in [3.8, 4) is 5.75 Å². The second-order valence-electron chi connectivity index (χ2n) is 6.75. The molecule has 0 aliphatic heterocycles. The van der Waals surface area contributed by atoms with Crippen molar-refractivity contribution in [2.24, 2.45) is 0 Å². The van der Waals surface area contributed by atoms with Crippen LogP contribution in [0, 0.1) is 0 Å². The van der Waals surface area contributed by atoms with Crippen LogP contribution in [0.15, 0.2) is 48.5 Å². The van der Waals surface area contributed by atoms with Crippen molar-refractivity contribution in [2.45, 2.75) is 24.9 Å². The molecule has 0 saturated heterocycles. The Morgan fingerprint density at radius 3 is 2.15 bits per heavy atom. The Balaban J connectivity index is 1.57. The number of sulfonamides is 1. The summed E-state index contributed by atoms with van der Waals surface area (Å²) >= 11 is 0. The van der Waals surface area contributed by atoms with E-state index in [1.54, 1.807) is 14.2 Å². The van der Waals surface area contributed by atoms with Crippen LogP contribution < -0.4 is 9.46 Å². The number of methoxy groups -OCH3 is 2. The van der Waals surface area contributed by atoms with Gasteiger partial charge in [0.05, 0.1) is 18.5 Å². The normalized spacial score (nSPS) is 15.6. The molecule has 0 saturated carbocycles. The van der Waals surface area contributed by atoms with Gasteiger partial charge in [-0.2, -0.15) is 0 Å². The molecular formula is C20H25NO4S. The van der Waals surface area contributed by atoms with Crippen LogP contribution in [0.4, 0.5) is 0 Å². The highest BCUT2D eigenvalue weighted by atomic mass is 32.2. The lowest BCUT2D eigenvalue weighted by atomic mass is 10.0. The van der Waals surface area contributed by atoms with E-state index in [0.717, 1.165) is 24.2 Å². The number of rotatable bonds is 8. The first-order valence-electron chi connectivity index (χ1n) is 8.67. The highest BCUT2D eigenvalue weighted by Gasteiger charge is 2.38. The van der Waals surface area contributed by atoms with Gasteiger partial charge < -0.3 is 9.47 Å². The van der Waals surface area contributed by atoms with Gasteiger partial charge in [-0.25, -0.2) is 13.1 Å². The maximum absolute atomic E-state index is 12.4. The summed E-state index contributed by atoms with van der Waals surface area (Å²) in [5.74, 6) is 0.809. The third-order valence-corrected chi connectivity index (χ3v) is 6.34. The molecule has 6 heteroatoms. The number of hydrogen-bond acceptors (Lipinski definition) is 4. The van der Waals surface area contributed by atoms with Crippen molar-refractivity contribution in [3.05, 3.63) is 65.2 Å². The number of benzene rings is 2. The van der Waals surface area contributed by atoms with Gasteiger partial charge in [0.25, 0.3) is 0 Å². The van der Waals surface area contributed by atoms with Gasteiger partial charge in [0.2, 0.25) is 10.0 Å². The van der Waals surface area contributed by atoms with Crippen LogP contribution in [0.2, 0.25) is 0 Å². The number of nitrogens with one attached hydrogen (secondary N) is 1. The second kappa shape index (κ2) is 7.78. The van der Waals surface area contributed by atoms with E-state index in [-0.39, 0.29) is 12.3 Å². The minimum Gasteiger partial charge on any atom is -0.497 e. The Bertz CT molecular complexity index is 821. The summed E-state index contributed by atoms with van der Waals surface area (Å²) in [6.45, 7) is 0.281. The van der Waals surface area contributed by atoms with Gasteiger partial charge >= 0.3 is 0 Å². The molecular weight excluding hydrogens is 350 g/mol. The Hall–Kier alpha value is -1.89. The van der Waals surface area contributed by atoms with E-state index < -0.39 is 15.6 Å². The molecule has 0 radical (unpaired) electrons.